The van der Waals surface area contributed by atoms with Gasteiger partial charge in [-0.25, -0.2) is 9.07 Å². The second-order valence-electron chi connectivity index (χ2n) is 6.36. The van der Waals surface area contributed by atoms with Crippen molar-refractivity contribution in [1.82, 2.24) is 14.8 Å². The van der Waals surface area contributed by atoms with E-state index >= 15 is 0 Å². The second kappa shape index (κ2) is 6.10. The van der Waals surface area contributed by atoms with Gasteiger partial charge in [-0.15, -0.1) is 0 Å². The van der Waals surface area contributed by atoms with Gasteiger partial charge in [0.2, 0.25) is 5.60 Å². The molecule has 4 N–H and O–H groups in total. The summed E-state index contributed by atoms with van der Waals surface area (Å²) in [5.41, 5.74) is 2.52. The molecule has 2 aromatic heterocycles. The number of rotatable bonds is 3. The molecule has 2 heterocycles. The van der Waals surface area contributed by atoms with Crippen molar-refractivity contribution in [2.24, 2.45) is 0 Å². The Balaban J connectivity index is 1.86. The fraction of sp³-hybridized carbons (Fsp3) is 0.105. The SMILES string of the molecule is Nc1cc(C(O)(c2ccc3c(cnn3-c3ccc(F)cc3)c2)C(F)(F)F)c[nH]1. The van der Waals surface area contributed by atoms with E-state index in [-0.39, 0.29) is 11.4 Å². The molecule has 4 aromatic rings. The van der Waals surface area contributed by atoms with Crippen LogP contribution in [0.25, 0.3) is 16.6 Å². The Morgan fingerprint density at radius 1 is 1.00 bits per heavy atom. The maximum absolute atomic E-state index is 13.8. The number of benzene rings is 2. The summed E-state index contributed by atoms with van der Waals surface area (Å²) in [4.78, 5) is 2.45. The number of fused-ring (bicyclic) bond motifs is 1. The van der Waals surface area contributed by atoms with Gasteiger partial charge in [0.15, 0.2) is 0 Å². The molecule has 4 rings (SSSR count). The number of nitrogens with two attached hydrogens (primary N) is 1. The van der Waals surface area contributed by atoms with Crippen LogP contribution in [0.4, 0.5) is 23.4 Å². The molecule has 0 saturated heterocycles. The molecule has 9 heteroatoms. The number of hydrogen-bond donors (Lipinski definition) is 3. The van der Waals surface area contributed by atoms with Crippen LogP contribution in [-0.4, -0.2) is 26.0 Å². The first-order valence-corrected chi connectivity index (χ1v) is 8.18. The monoisotopic (exact) mass is 390 g/mol. The second-order valence-corrected chi connectivity index (χ2v) is 6.36. The predicted molar refractivity (Wildman–Crippen MR) is 95.3 cm³/mol. The fourth-order valence-electron chi connectivity index (χ4n) is 3.16. The molecule has 1 unspecified atom stereocenters. The van der Waals surface area contributed by atoms with E-state index in [1.807, 2.05) is 0 Å². The van der Waals surface area contributed by atoms with Crippen molar-refractivity contribution in [2.45, 2.75) is 11.8 Å². The quantitative estimate of drug-likeness (QED) is 0.465. The number of nitrogens with zero attached hydrogens (tertiary/aromatic N) is 2. The zero-order chi connectivity index (χ0) is 20.1. The number of H-pyrrole nitrogens is 1. The number of alkyl halides is 3. The minimum atomic E-state index is -4.98. The van der Waals surface area contributed by atoms with Crippen molar-refractivity contribution in [3.8, 4) is 5.69 Å². The van der Waals surface area contributed by atoms with E-state index in [0.717, 1.165) is 12.3 Å². The smallest absolute Gasteiger partial charge is 0.385 e. The van der Waals surface area contributed by atoms with E-state index < -0.39 is 23.2 Å². The summed E-state index contributed by atoms with van der Waals surface area (Å²) in [5, 5.41) is 15.2. The number of halogens is 4. The maximum atomic E-state index is 13.8. The lowest BCUT2D eigenvalue weighted by Crippen LogP contribution is -2.43. The highest BCUT2D eigenvalue weighted by molar-refractivity contribution is 5.81. The minimum absolute atomic E-state index is 0.00267. The molecule has 0 bridgehead atoms. The molecule has 0 aliphatic rings. The van der Waals surface area contributed by atoms with Gasteiger partial charge in [0.25, 0.3) is 0 Å². The third-order valence-corrected chi connectivity index (χ3v) is 4.59. The van der Waals surface area contributed by atoms with Crippen molar-refractivity contribution >= 4 is 16.7 Å². The lowest BCUT2D eigenvalue weighted by Gasteiger charge is -2.30. The summed E-state index contributed by atoms with van der Waals surface area (Å²) >= 11 is 0. The summed E-state index contributed by atoms with van der Waals surface area (Å²) in [6.45, 7) is 0. The summed E-state index contributed by atoms with van der Waals surface area (Å²) in [7, 11) is 0. The van der Waals surface area contributed by atoms with Crippen molar-refractivity contribution in [1.29, 1.82) is 0 Å². The molecule has 0 aliphatic carbocycles. The maximum Gasteiger partial charge on any atom is 0.425 e. The van der Waals surface area contributed by atoms with Crippen LogP contribution in [0.3, 0.4) is 0 Å². The van der Waals surface area contributed by atoms with E-state index in [0.29, 0.717) is 16.6 Å². The van der Waals surface area contributed by atoms with Crippen molar-refractivity contribution < 1.29 is 22.7 Å². The standard InChI is InChI=1S/C19H14F4N4O/c20-14-2-4-15(5-3-14)27-16-6-1-12(7-11(16)9-26-27)18(28,19(21,22)23)13-8-17(24)25-10-13/h1-10,25,28H,24H2. The molecule has 0 saturated carbocycles. The Labute approximate surface area is 156 Å². The molecule has 28 heavy (non-hydrogen) atoms. The first-order chi connectivity index (χ1) is 13.2. The number of aliphatic hydroxyl groups is 1. The van der Waals surface area contributed by atoms with Crippen LogP contribution < -0.4 is 5.73 Å². The van der Waals surface area contributed by atoms with E-state index in [1.165, 1.54) is 53.3 Å². The summed E-state index contributed by atoms with van der Waals surface area (Å²) in [6, 6.07) is 10.4. The third-order valence-electron chi connectivity index (χ3n) is 4.59. The van der Waals surface area contributed by atoms with Crippen LogP contribution >= 0.6 is 0 Å². The van der Waals surface area contributed by atoms with Crippen molar-refractivity contribution in [3.63, 3.8) is 0 Å². The summed E-state index contributed by atoms with van der Waals surface area (Å²) in [5.74, 6) is -0.411. The highest BCUT2D eigenvalue weighted by Gasteiger charge is 2.56. The van der Waals surface area contributed by atoms with Crippen LogP contribution in [0.15, 0.2) is 60.9 Å². The average molecular weight is 390 g/mol. The summed E-state index contributed by atoms with van der Waals surface area (Å²) < 4.78 is 56.1. The molecule has 1 atom stereocenters. The van der Waals surface area contributed by atoms with Crippen LogP contribution in [0.5, 0.6) is 0 Å². The highest BCUT2D eigenvalue weighted by atomic mass is 19.4. The van der Waals surface area contributed by atoms with E-state index in [4.69, 9.17) is 5.73 Å². The molecular formula is C19H14F4N4O. The molecule has 0 aliphatic heterocycles. The Hall–Kier alpha value is -3.33. The first-order valence-electron chi connectivity index (χ1n) is 8.18. The highest BCUT2D eigenvalue weighted by Crippen LogP contribution is 2.45. The molecule has 0 amide bonds. The van der Waals surface area contributed by atoms with E-state index in [1.54, 1.807) is 0 Å². The molecule has 5 nitrogen and oxygen atoms in total. The van der Waals surface area contributed by atoms with Crippen LogP contribution in [0.1, 0.15) is 11.1 Å². The van der Waals surface area contributed by atoms with Gasteiger partial charge in [0, 0.05) is 17.1 Å². The first kappa shape index (κ1) is 18.1. The molecule has 2 aromatic carbocycles. The zero-order valence-electron chi connectivity index (χ0n) is 14.2. The van der Waals surface area contributed by atoms with Crippen molar-refractivity contribution in [2.75, 3.05) is 5.73 Å². The number of nitrogen functional groups attached to an aromatic ring is 1. The number of aromatic nitrogens is 3. The van der Waals surface area contributed by atoms with E-state index in [9.17, 15) is 22.7 Å². The third kappa shape index (κ3) is 2.71. The number of nitrogens with one attached hydrogen (secondary N) is 1. The number of aromatic amines is 1. The average Bonchev–Trinajstić information content (AvgIpc) is 3.26. The van der Waals surface area contributed by atoms with Crippen molar-refractivity contribution in [3.05, 3.63) is 77.9 Å². The molecule has 0 spiro atoms. The van der Waals surface area contributed by atoms with Gasteiger partial charge in [-0.05, 0) is 48.0 Å². The van der Waals surface area contributed by atoms with Gasteiger partial charge in [-0.2, -0.15) is 18.3 Å². The van der Waals surface area contributed by atoms with Crippen LogP contribution in [-0.2, 0) is 5.60 Å². The Morgan fingerprint density at radius 2 is 1.71 bits per heavy atom. The largest absolute Gasteiger partial charge is 0.425 e. The normalized spacial score (nSPS) is 14.3. The van der Waals surface area contributed by atoms with Crippen LogP contribution in [0, 0.1) is 5.82 Å². The Bertz CT molecular complexity index is 1150. The molecule has 0 fully saturated rings. The van der Waals surface area contributed by atoms with Gasteiger partial charge in [0.05, 0.1) is 17.4 Å². The number of hydrogen-bond acceptors (Lipinski definition) is 3. The molecule has 144 valence electrons. The van der Waals surface area contributed by atoms with Crippen LogP contribution in [0.2, 0.25) is 0 Å². The Kier molecular flexibility index (Phi) is 3.93. The Morgan fingerprint density at radius 3 is 2.32 bits per heavy atom. The van der Waals surface area contributed by atoms with Gasteiger partial charge in [-0.1, -0.05) is 6.07 Å². The molecule has 0 radical (unpaired) electrons. The van der Waals surface area contributed by atoms with Gasteiger partial charge >= 0.3 is 6.18 Å². The number of anilines is 1. The summed E-state index contributed by atoms with van der Waals surface area (Å²) in [6.07, 6.45) is -2.58. The van der Waals surface area contributed by atoms with Gasteiger partial charge in [0.1, 0.15) is 11.6 Å². The van der Waals surface area contributed by atoms with Gasteiger partial charge < -0.3 is 15.8 Å². The lowest BCUT2D eigenvalue weighted by atomic mass is 9.86. The predicted octanol–water partition coefficient (Wildman–Crippen LogP) is 3.87. The van der Waals surface area contributed by atoms with E-state index in [2.05, 4.69) is 10.1 Å². The lowest BCUT2D eigenvalue weighted by molar-refractivity contribution is -0.248. The topological polar surface area (TPSA) is 79.9 Å². The van der Waals surface area contributed by atoms with Gasteiger partial charge in [-0.3, -0.25) is 0 Å². The zero-order valence-corrected chi connectivity index (χ0v) is 14.2. The fourth-order valence-corrected chi connectivity index (χ4v) is 3.16. The minimum Gasteiger partial charge on any atom is -0.385 e. The molecular weight excluding hydrogens is 376 g/mol.